The van der Waals surface area contributed by atoms with Gasteiger partial charge in [-0.2, -0.15) is 0 Å². The third kappa shape index (κ3) is 9.54. The molecule has 1 aliphatic rings. The minimum Gasteiger partial charge on any atom is -0.490 e. The van der Waals surface area contributed by atoms with E-state index in [0.717, 1.165) is 37.1 Å². The molecule has 1 unspecified atom stereocenters. The molecule has 12 heteroatoms. The van der Waals surface area contributed by atoms with E-state index in [4.69, 9.17) is 14.2 Å². The van der Waals surface area contributed by atoms with Gasteiger partial charge >= 0.3 is 6.09 Å². The summed E-state index contributed by atoms with van der Waals surface area (Å²) < 4.78 is 32.5. The van der Waals surface area contributed by atoms with E-state index in [2.05, 4.69) is 32.5 Å². The number of aryl methyl sites for hydroxylation is 3. The highest BCUT2D eigenvalue weighted by Gasteiger charge is 2.27. The lowest BCUT2D eigenvalue weighted by Gasteiger charge is -2.29. The van der Waals surface area contributed by atoms with Gasteiger partial charge in [0.25, 0.3) is 0 Å². The minimum absolute atomic E-state index is 0.155. The summed E-state index contributed by atoms with van der Waals surface area (Å²) in [7, 11) is 3.66. The minimum atomic E-state index is -0.707. The third-order valence-corrected chi connectivity index (χ3v) is 8.59. The predicted octanol–water partition coefficient (Wildman–Crippen LogP) is 6.73. The number of ether oxygens (including phenoxy) is 3. The van der Waals surface area contributed by atoms with E-state index in [9.17, 15) is 9.59 Å². The first-order valence-electron chi connectivity index (χ1n) is 16.8. The molecule has 2 amide bonds. The fourth-order valence-electron chi connectivity index (χ4n) is 6.04. The molecule has 264 valence electrons. The van der Waals surface area contributed by atoms with Gasteiger partial charge in [0.05, 0.1) is 24.6 Å². The van der Waals surface area contributed by atoms with Crippen molar-refractivity contribution in [3.05, 3.63) is 95.7 Å². The van der Waals surface area contributed by atoms with Crippen molar-refractivity contribution in [2.24, 2.45) is 5.92 Å². The molecule has 5 rings (SSSR count). The van der Waals surface area contributed by atoms with E-state index < -0.39 is 11.9 Å². The maximum absolute atomic E-state index is 15.5. The molecular weight excluding hydrogens is 639 g/mol. The van der Waals surface area contributed by atoms with Crippen LogP contribution in [-0.4, -0.2) is 73.9 Å². The third-order valence-electron chi connectivity index (χ3n) is 8.59. The summed E-state index contributed by atoms with van der Waals surface area (Å²) in [5.74, 6) is 0.535. The molecule has 1 aromatic heterocycles. The fraction of sp³-hybridized carbons (Fsp3) is 0.368. The highest BCUT2D eigenvalue weighted by Crippen LogP contribution is 2.38. The monoisotopic (exact) mass is 684 g/mol. The van der Waals surface area contributed by atoms with Crippen LogP contribution in [0.3, 0.4) is 0 Å². The number of hydrogen-bond acceptors (Lipinski definition) is 9. The molecule has 0 radical (unpaired) electrons. The number of piperidine rings is 1. The molecule has 50 heavy (non-hydrogen) atoms. The number of aromatic nitrogens is 2. The number of carbonyl (C=O) groups excluding carboxylic acids is 2. The number of methoxy groups -OCH3 is 1. The molecule has 1 fully saturated rings. The Hall–Kier alpha value is -5.07. The zero-order chi connectivity index (χ0) is 35.5. The van der Waals surface area contributed by atoms with Crippen molar-refractivity contribution >= 4 is 34.9 Å². The molecule has 0 aliphatic carbocycles. The summed E-state index contributed by atoms with van der Waals surface area (Å²) in [5.41, 5.74) is 3.59. The van der Waals surface area contributed by atoms with Gasteiger partial charge in [0.2, 0.25) is 5.91 Å². The van der Waals surface area contributed by atoms with Crippen molar-refractivity contribution in [3.8, 4) is 11.5 Å². The first-order valence-corrected chi connectivity index (χ1v) is 16.8. The second kappa shape index (κ2) is 17.5. The van der Waals surface area contributed by atoms with Gasteiger partial charge < -0.3 is 29.7 Å². The van der Waals surface area contributed by atoms with Crippen LogP contribution in [0.25, 0.3) is 0 Å². The summed E-state index contributed by atoms with van der Waals surface area (Å²) in [6.45, 7) is 6.93. The summed E-state index contributed by atoms with van der Waals surface area (Å²) in [5, 5.41) is 6.18. The smallest absolute Gasteiger partial charge is 0.425 e. The number of anilines is 4. The van der Waals surface area contributed by atoms with Crippen LogP contribution in [0, 0.1) is 25.6 Å². The van der Waals surface area contributed by atoms with Crippen LogP contribution >= 0.6 is 0 Å². The van der Waals surface area contributed by atoms with E-state index in [1.807, 2.05) is 38.1 Å². The van der Waals surface area contributed by atoms with Crippen LogP contribution in [0.2, 0.25) is 0 Å². The van der Waals surface area contributed by atoms with Crippen LogP contribution in [0.1, 0.15) is 36.0 Å². The van der Waals surface area contributed by atoms with Crippen molar-refractivity contribution in [2.75, 3.05) is 57.2 Å². The standard InChI is InChI=1S/C38H45FN6O5/c1-26-8-5-9-27(2)37(26)50-38(47)45(34-17-18-40-25-42-34)32-12-6-11-29(13-16-35(46)41-19-21-48-4)36(32)43-30-14-15-33(31(39)22-30)49-24-28-10-7-20-44(3)23-28/h5-6,8-9,11-12,14-15,17-18,22,25,28,43H,7,10,13,16,19-21,23-24H2,1-4H3,(H,41,46). The lowest BCUT2D eigenvalue weighted by molar-refractivity contribution is -0.121. The first-order chi connectivity index (χ1) is 24.2. The number of para-hydroxylation sites is 2. The molecule has 2 N–H and O–H groups in total. The molecule has 0 spiro atoms. The SMILES string of the molecule is COCCNC(=O)CCc1cccc(N(C(=O)Oc2c(C)cccc2C)c2ccncn2)c1Nc1ccc(OCC2CCCN(C)C2)c(F)c1. The number of halogens is 1. The number of nitrogens with one attached hydrogen (secondary N) is 2. The Morgan fingerprint density at radius 1 is 1.08 bits per heavy atom. The van der Waals surface area contributed by atoms with Gasteiger partial charge in [-0.15, -0.1) is 0 Å². The second-order valence-electron chi connectivity index (χ2n) is 12.5. The highest BCUT2D eigenvalue weighted by molar-refractivity contribution is 6.01. The summed E-state index contributed by atoms with van der Waals surface area (Å²) >= 11 is 0. The van der Waals surface area contributed by atoms with Crippen LogP contribution in [0.4, 0.5) is 32.1 Å². The molecule has 1 aliphatic heterocycles. The van der Waals surface area contributed by atoms with Gasteiger partial charge in [0.15, 0.2) is 11.6 Å². The van der Waals surface area contributed by atoms with Crippen LogP contribution in [0.15, 0.2) is 73.2 Å². The maximum Gasteiger partial charge on any atom is 0.425 e. The zero-order valence-corrected chi connectivity index (χ0v) is 29.1. The van der Waals surface area contributed by atoms with Gasteiger partial charge in [-0.25, -0.2) is 24.1 Å². The van der Waals surface area contributed by atoms with Gasteiger partial charge in [-0.1, -0.05) is 30.3 Å². The molecule has 2 heterocycles. The largest absolute Gasteiger partial charge is 0.490 e. The van der Waals surface area contributed by atoms with E-state index in [0.29, 0.717) is 60.5 Å². The first kappa shape index (κ1) is 36.2. The van der Waals surface area contributed by atoms with Gasteiger partial charge in [0.1, 0.15) is 17.9 Å². The van der Waals surface area contributed by atoms with Crippen LogP contribution < -0.4 is 25.0 Å². The summed E-state index contributed by atoms with van der Waals surface area (Å²) in [6, 6.07) is 17.3. The van der Waals surface area contributed by atoms with Crippen molar-refractivity contribution in [3.63, 3.8) is 0 Å². The molecule has 1 saturated heterocycles. The van der Waals surface area contributed by atoms with E-state index in [1.165, 1.54) is 23.5 Å². The van der Waals surface area contributed by atoms with Crippen LogP contribution in [-0.2, 0) is 16.0 Å². The van der Waals surface area contributed by atoms with Crippen molar-refractivity contribution in [1.29, 1.82) is 0 Å². The maximum atomic E-state index is 15.5. The Bertz CT molecular complexity index is 1740. The Labute approximate surface area is 292 Å². The highest BCUT2D eigenvalue weighted by atomic mass is 19.1. The van der Waals surface area contributed by atoms with Crippen LogP contribution in [0.5, 0.6) is 11.5 Å². The average Bonchev–Trinajstić information content (AvgIpc) is 3.10. The van der Waals surface area contributed by atoms with Gasteiger partial charge in [0, 0.05) is 50.5 Å². The molecule has 11 nitrogen and oxygen atoms in total. The Balaban J connectivity index is 1.48. The van der Waals surface area contributed by atoms with Gasteiger partial charge in [-0.3, -0.25) is 4.79 Å². The Morgan fingerprint density at radius 3 is 2.60 bits per heavy atom. The molecule has 1 atom stereocenters. The fourth-order valence-corrected chi connectivity index (χ4v) is 6.04. The van der Waals surface area contributed by atoms with Crippen molar-refractivity contribution < 1.29 is 28.2 Å². The molecule has 4 aromatic rings. The Morgan fingerprint density at radius 2 is 1.88 bits per heavy atom. The zero-order valence-electron chi connectivity index (χ0n) is 29.1. The Kier molecular flexibility index (Phi) is 12.7. The number of likely N-dealkylation sites (tertiary alicyclic amines) is 1. The lowest BCUT2D eigenvalue weighted by atomic mass is 10.00. The molecule has 0 bridgehead atoms. The average molecular weight is 685 g/mol. The number of carbonyl (C=O) groups is 2. The number of rotatable bonds is 14. The number of amides is 2. The lowest BCUT2D eigenvalue weighted by Crippen LogP contribution is -2.34. The molecule has 0 saturated carbocycles. The predicted molar refractivity (Wildman–Crippen MR) is 191 cm³/mol. The number of nitrogens with zero attached hydrogens (tertiary/aromatic N) is 4. The molecule has 3 aromatic carbocycles. The summed E-state index contributed by atoms with van der Waals surface area (Å²) in [4.78, 5) is 38.8. The molecular formula is C38H45FN6O5. The van der Waals surface area contributed by atoms with Crippen molar-refractivity contribution in [2.45, 2.75) is 39.5 Å². The number of benzene rings is 3. The quantitative estimate of drug-likeness (QED) is 0.140. The normalized spacial score (nSPS) is 14.5. The topological polar surface area (TPSA) is 118 Å². The second-order valence-corrected chi connectivity index (χ2v) is 12.5. The number of hydrogen-bond donors (Lipinski definition) is 2. The van der Waals surface area contributed by atoms with Gasteiger partial charge in [-0.05, 0) is 87.7 Å². The van der Waals surface area contributed by atoms with E-state index in [-0.39, 0.29) is 23.9 Å². The van der Waals surface area contributed by atoms with E-state index >= 15 is 4.39 Å². The summed E-state index contributed by atoms with van der Waals surface area (Å²) in [6.07, 6.45) is 4.79. The van der Waals surface area contributed by atoms with E-state index in [1.54, 1.807) is 37.4 Å². The van der Waals surface area contributed by atoms with Crippen molar-refractivity contribution in [1.82, 2.24) is 20.2 Å².